The summed E-state index contributed by atoms with van der Waals surface area (Å²) in [4.78, 5) is 8.70. The molecule has 0 saturated carbocycles. The Morgan fingerprint density at radius 1 is 1.26 bits per heavy atom. The fourth-order valence-corrected chi connectivity index (χ4v) is 2.36. The Morgan fingerprint density at radius 2 is 2.11 bits per heavy atom. The quantitative estimate of drug-likeness (QED) is 0.629. The molecule has 0 atom stereocenters. The molecule has 0 aliphatic rings. The van der Waals surface area contributed by atoms with E-state index in [2.05, 4.69) is 30.0 Å². The Kier molecular flexibility index (Phi) is 4.47. The number of benzene rings is 1. The molecule has 2 rings (SSSR count). The molecule has 0 fully saturated rings. The Balaban J connectivity index is 0.00000200. The number of pyridine rings is 1. The molecule has 2 aromatic rings. The van der Waals surface area contributed by atoms with Gasteiger partial charge in [0.2, 0.25) is 9.04 Å². The molecule has 3 nitrogen and oxygen atoms in total. The summed E-state index contributed by atoms with van der Waals surface area (Å²) in [5.41, 5.74) is 2.88. The molecule has 0 saturated heterocycles. The molecule has 0 amide bonds. The largest absolute Gasteiger partial charge is 1.00 e. The third kappa shape index (κ3) is 4.03. The molecule has 0 aliphatic carbocycles. The van der Waals surface area contributed by atoms with E-state index in [-0.39, 0.29) is 1.43 Å². The molecule has 0 N–H and O–H groups in total. The van der Waals surface area contributed by atoms with Gasteiger partial charge in [-0.2, -0.15) is 0 Å². The van der Waals surface area contributed by atoms with Crippen LogP contribution in [-0.4, -0.2) is 20.2 Å². The summed E-state index contributed by atoms with van der Waals surface area (Å²) in [6, 6.07) is 11.8. The summed E-state index contributed by atoms with van der Waals surface area (Å²) in [6.07, 6.45) is 3.52. The lowest BCUT2D eigenvalue weighted by molar-refractivity contribution is 0.581. The maximum Gasteiger partial charge on any atom is 1.00 e. The average Bonchev–Trinajstić information content (AvgIpc) is 2.38. The molecule has 0 bridgehead atoms. The van der Waals surface area contributed by atoms with Crippen LogP contribution in [0.1, 0.15) is 12.7 Å². The van der Waals surface area contributed by atoms with E-state index in [1.165, 1.54) is 5.56 Å². The lowest BCUT2D eigenvalue weighted by atomic mass is 10.2. The number of nitrogens with zero attached hydrogens (tertiary/aromatic N) is 2. The van der Waals surface area contributed by atoms with Crippen molar-refractivity contribution in [3.8, 4) is 5.75 Å². The van der Waals surface area contributed by atoms with Crippen molar-refractivity contribution < 1.29 is 5.85 Å². The normalized spacial score (nSPS) is 11.2. The second-order valence-electron chi connectivity index (χ2n) is 4.65. The molecule has 1 aromatic heterocycles. The maximum absolute atomic E-state index is 5.92. The van der Waals surface area contributed by atoms with E-state index < -0.39 is 9.04 Å². The standard InChI is InChI=1S/C15H18N2OSi/c1-12-7-8-14(15(10-12)18-19(2)3)17-11-13-6-4-5-9-16-13/h4-11,19H,1-3H3/p+1. The summed E-state index contributed by atoms with van der Waals surface area (Å²) in [5.74, 6) is 0.869. The highest BCUT2D eigenvalue weighted by Gasteiger charge is 2.05. The first-order valence-corrected chi connectivity index (χ1v) is 9.15. The Hall–Kier alpha value is -1.94. The zero-order chi connectivity index (χ0) is 13.7. The van der Waals surface area contributed by atoms with E-state index in [1.807, 2.05) is 36.4 Å². The van der Waals surface area contributed by atoms with Crippen LogP contribution in [0.4, 0.5) is 5.69 Å². The third-order valence-electron chi connectivity index (χ3n) is 2.50. The highest BCUT2D eigenvalue weighted by molar-refractivity contribution is 6.49. The van der Waals surface area contributed by atoms with Crippen LogP contribution in [-0.2, 0) is 0 Å². The third-order valence-corrected chi connectivity index (χ3v) is 3.23. The van der Waals surface area contributed by atoms with Crippen molar-refractivity contribution in [3.63, 3.8) is 0 Å². The Morgan fingerprint density at radius 3 is 2.79 bits per heavy atom. The van der Waals surface area contributed by atoms with Crippen LogP contribution in [0.3, 0.4) is 0 Å². The predicted molar refractivity (Wildman–Crippen MR) is 83.3 cm³/mol. The van der Waals surface area contributed by atoms with Crippen LogP contribution in [0.2, 0.25) is 13.1 Å². The van der Waals surface area contributed by atoms with Crippen LogP contribution in [0.25, 0.3) is 0 Å². The van der Waals surface area contributed by atoms with Crippen LogP contribution in [0.15, 0.2) is 47.6 Å². The molecular weight excluding hydrogens is 252 g/mol. The van der Waals surface area contributed by atoms with Crippen LogP contribution >= 0.6 is 0 Å². The summed E-state index contributed by atoms with van der Waals surface area (Å²) < 4.78 is 5.92. The zero-order valence-electron chi connectivity index (χ0n) is 12.5. The molecule has 1 heterocycles. The Bertz CT molecular complexity index is 573. The Labute approximate surface area is 117 Å². The minimum atomic E-state index is -1.13. The lowest BCUT2D eigenvalue weighted by Gasteiger charge is -2.12. The first kappa shape index (κ1) is 13.5. The van der Waals surface area contributed by atoms with E-state index in [0.717, 1.165) is 17.1 Å². The number of hydrogen-bond donors (Lipinski definition) is 0. The van der Waals surface area contributed by atoms with Crippen molar-refractivity contribution in [3.05, 3.63) is 53.9 Å². The van der Waals surface area contributed by atoms with Crippen LogP contribution in [0, 0.1) is 6.92 Å². The lowest BCUT2D eigenvalue weighted by Crippen LogP contribution is -2.11. The van der Waals surface area contributed by atoms with Gasteiger partial charge in [0.1, 0.15) is 11.4 Å². The van der Waals surface area contributed by atoms with E-state index >= 15 is 0 Å². The number of aromatic nitrogens is 1. The van der Waals surface area contributed by atoms with Gasteiger partial charge < -0.3 is 4.43 Å². The van der Waals surface area contributed by atoms with Gasteiger partial charge in [0.15, 0.2) is 0 Å². The fraction of sp³-hybridized carbons (Fsp3) is 0.200. The van der Waals surface area contributed by atoms with E-state index in [1.54, 1.807) is 12.4 Å². The molecule has 98 valence electrons. The highest BCUT2D eigenvalue weighted by Crippen LogP contribution is 2.28. The topological polar surface area (TPSA) is 34.5 Å². The first-order valence-electron chi connectivity index (χ1n) is 6.37. The van der Waals surface area contributed by atoms with E-state index in [4.69, 9.17) is 4.43 Å². The molecule has 0 unspecified atom stereocenters. The molecule has 0 aliphatic heterocycles. The monoisotopic (exact) mass is 271 g/mol. The fourth-order valence-electron chi connectivity index (χ4n) is 1.66. The SMILES string of the molecule is Cc1ccc(N=Cc2ccccn2)c(O[SiH](C)C)c1.[H+]. The van der Waals surface area contributed by atoms with E-state index in [9.17, 15) is 0 Å². The summed E-state index contributed by atoms with van der Waals surface area (Å²) in [5, 5.41) is 0. The van der Waals surface area contributed by atoms with Crippen molar-refractivity contribution in [2.24, 2.45) is 4.99 Å². The molecular formula is C15H19N2OSi+. The maximum atomic E-state index is 5.92. The van der Waals surface area contributed by atoms with Gasteiger partial charge in [0, 0.05) is 6.20 Å². The van der Waals surface area contributed by atoms with Crippen molar-refractivity contribution in [2.45, 2.75) is 20.0 Å². The van der Waals surface area contributed by atoms with Gasteiger partial charge in [0.25, 0.3) is 0 Å². The first-order chi connectivity index (χ1) is 9.15. The minimum Gasteiger partial charge on any atom is -0.546 e. The molecule has 0 radical (unpaired) electrons. The van der Waals surface area contributed by atoms with Gasteiger partial charge in [-0.15, -0.1) is 0 Å². The number of hydrogen-bond acceptors (Lipinski definition) is 3. The van der Waals surface area contributed by atoms with Crippen molar-refractivity contribution in [2.75, 3.05) is 0 Å². The van der Waals surface area contributed by atoms with Gasteiger partial charge in [-0.3, -0.25) is 9.98 Å². The smallest absolute Gasteiger partial charge is 0.546 e. The van der Waals surface area contributed by atoms with Crippen molar-refractivity contribution >= 4 is 20.9 Å². The number of rotatable bonds is 4. The van der Waals surface area contributed by atoms with E-state index in [0.29, 0.717) is 0 Å². The van der Waals surface area contributed by atoms with Gasteiger partial charge in [0.05, 0.1) is 11.9 Å². The molecule has 4 heteroatoms. The average molecular weight is 271 g/mol. The second-order valence-corrected chi connectivity index (χ2v) is 6.98. The minimum absolute atomic E-state index is 0. The number of aryl methyl sites for hydroxylation is 1. The van der Waals surface area contributed by atoms with Crippen LogP contribution < -0.4 is 4.43 Å². The van der Waals surface area contributed by atoms with Gasteiger partial charge in [-0.05, 0) is 49.8 Å². The highest BCUT2D eigenvalue weighted by atomic mass is 28.3. The predicted octanol–water partition coefficient (Wildman–Crippen LogP) is 3.62. The summed E-state index contributed by atoms with van der Waals surface area (Å²) in [7, 11) is -1.13. The summed E-state index contributed by atoms with van der Waals surface area (Å²) >= 11 is 0. The summed E-state index contributed by atoms with van der Waals surface area (Å²) in [6.45, 7) is 6.35. The molecule has 19 heavy (non-hydrogen) atoms. The number of aliphatic imine (C=N–C) groups is 1. The molecule has 0 spiro atoms. The van der Waals surface area contributed by atoms with Crippen molar-refractivity contribution in [1.29, 1.82) is 0 Å². The van der Waals surface area contributed by atoms with Gasteiger partial charge >= 0.3 is 1.43 Å². The molecule has 1 aromatic carbocycles. The van der Waals surface area contributed by atoms with Crippen molar-refractivity contribution in [1.82, 2.24) is 4.98 Å². The van der Waals surface area contributed by atoms with Gasteiger partial charge in [-0.1, -0.05) is 12.1 Å². The van der Waals surface area contributed by atoms with Crippen LogP contribution in [0.5, 0.6) is 5.75 Å². The second kappa shape index (κ2) is 6.29. The van der Waals surface area contributed by atoms with Gasteiger partial charge in [-0.25, -0.2) is 0 Å². The zero-order valence-corrected chi connectivity index (χ0v) is 12.7.